The van der Waals surface area contributed by atoms with Gasteiger partial charge in [0.25, 0.3) is 5.56 Å². The molecule has 1 saturated heterocycles. The maximum atomic E-state index is 11.8. The highest BCUT2D eigenvalue weighted by molar-refractivity contribution is 5.55. The first-order valence-electron chi connectivity index (χ1n) is 9.13. The van der Waals surface area contributed by atoms with E-state index in [-0.39, 0.29) is 5.56 Å². The summed E-state index contributed by atoms with van der Waals surface area (Å²) in [4.78, 5) is 24.1. The van der Waals surface area contributed by atoms with E-state index in [1.165, 1.54) is 18.5 Å². The number of H-pyrrole nitrogens is 1. The summed E-state index contributed by atoms with van der Waals surface area (Å²) < 4.78 is 0. The number of aromatic amines is 1. The van der Waals surface area contributed by atoms with Crippen LogP contribution in [0.15, 0.2) is 35.1 Å². The van der Waals surface area contributed by atoms with E-state index >= 15 is 0 Å². The van der Waals surface area contributed by atoms with Crippen LogP contribution in [0.25, 0.3) is 11.4 Å². The third kappa shape index (κ3) is 4.55. The Kier molecular flexibility index (Phi) is 5.66. The Morgan fingerprint density at radius 2 is 2.08 bits per heavy atom. The number of hydrogen-bond donors (Lipinski definition) is 1. The Hall–Kier alpha value is -1.98. The molecular weight excluding hydrogens is 312 g/mol. The molecule has 1 aromatic carbocycles. The molecule has 1 aliphatic heterocycles. The fourth-order valence-corrected chi connectivity index (χ4v) is 3.49. The predicted molar refractivity (Wildman–Crippen MR) is 102 cm³/mol. The van der Waals surface area contributed by atoms with Gasteiger partial charge in [-0.1, -0.05) is 37.6 Å². The summed E-state index contributed by atoms with van der Waals surface area (Å²) in [6.07, 6.45) is 3.05. The van der Waals surface area contributed by atoms with Crippen LogP contribution < -0.4 is 5.56 Å². The van der Waals surface area contributed by atoms with Gasteiger partial charge >= 0.3 is 0 Å². The highest BCUT2D eigenvalue weighted by Gasteiger charge is 2.23. The van der Waals surface area contributed by atoms with Gasteiger partial charge in [-0.3, -0.25) is 9.69 Å². The summed E-state index contributed by atoms with van der Waals surface area (Å²) in [5.41, 5.74) is 3.02. The second-order valence-corrected chi connectivity index (χ2v) is 7.15. The number of rotatable bonds is 6. The van der Waals surface area contributed by atoms with Gasteiger partial charge in [-0.05, 0) is 39.0 Å². The molecule has 1 atom stereocenters. The zero-order valence-corrected chi connectivity index (χ0v) is 15.5. The number of hydrogen-bond acceptors (Lipinski definition) is 4. The molecule has 1 aliphatic rings. The van der Waals surface area contributed by atoms with Gasteiger partial charge in [0.2, 0.25) is 0 Å². The molecule has 5 nitrogen and oxygen atoms in total. The van der Waals surface area contributed by atoms with Crippen molar-refractivity contribution in [1.29, 1.82) is 0 Å². The molecule has 1 unspecified atom stereocenters. The standard InChI is InChI=1S/C20H28N4O/c1-4-5-17-12-19(25)22-20(21-17)16-8-6-15(7-9-16)13-24(3)18-10-11-23(2)14-18/h6-9,12,18H,4-5,10-11,13-14H2,1-3H3,(H,21,22,25). The van der Waals surface area contributed by atoms with Crippen LogP contribution in [-0.2, 0) is 13.0 Å². The number of aryl methyl sites for hydroxylation is 1. The van der Waals surface area contributed by atoms with Gasteiger partial charge in [-0.2, -0.15) is 0 Å². The molecule has 2 heterocycles. The lowest BCUT2D eigenvalue weighted by Gasteiger charge is -2.24. The summed E-state index contributed by atoms with van der Waals surface area (Å²) in [5.74, 6) is 0.660. The maximum absolute atomic E-state index is 11.8. The van der Waals surface area contributed by atoms with Gasteiger partial charge in [0, 0.05) is 36.5 Å². The third-order valence-electron chi connectivity index (χ3n) is 4.95. The molecule has 0 spiro atoms. The lowest BCUT2D eigenvalue weighted by Crippen LogP contribution is -2.33. The lowest BCUT2D eigenvalue weighted by atomic mass is 10.1. The second kappa shape index (κ2) is 7.93. The SMILES string of the molecule is CCCc1cc(=O)[nH]c(-c2ccc(CN(C)C3CCN(C)C3)cc2)n1. The van der Waals surface area contributed by atoms with Crippen LogP contribution in [0.3, 0.4) is 0 Å². The molecule has 0 radical (unpaired) electrons. The Balaban J connectivity index is 1.71. The molecule has 5 heteroatoms. The van der Waals surface area contributed by atoms with E-state index in [4.69, 9.17) is 0 Å². The van der Waals surface area contributed by atoms with Crippen LogP contribution in [0.2, 0.25) is 0 Å². The molecule has 0 bridgehead atoms. The second-order valence-electron chi connectivity index (χ2n) is 7.15. The number of nitrogens with one attached hydrogen (secondary N) is 1. The highest BCUT2D eigenvalue weighted by Crippen LogP contribution is 2.18. The van der Waals surface area contributed by atoms with Crippen molar-refractivity contribution in [2.45, 2.75) is 38.8 Å². The maximum Gasteiger partial charge on any atom is 0.251 e. The molecule has 0 aliphatic carbocycles. The summed E-state index contributed by atoms with van der Waals surface area (Å²) in [6, 6.07) is 10.6. The average Bonchev–Trinajstić information content (AvgIpc) is 3.02. The Labute approximate surface area is 149 Å². The van der Waals surface area contributed by atoms with Gasteiger partial charge < -0.3 is 9.88 Å². The number of aromatic nitrogens is 2. The minimum Gasteiger partial charge on any atom is -0.307 e. The Morgan fingerprint density at radius 3 is 2.72 bits per heavy atom. The molecule has 1 fully saturated rings. The van der Waals surface area contributed by atoms with Gasteiger partial charge in [-0.15, -0.1) is 0 Å². The van der Waals surface area contributed by atoms with Crippen molar-refractivity contribution < 1.29 is 0 Å². The van der Waals surface area contributed by atoms with E-state index in [2.05, 4.69) is 65.1 Å². The van der Waals surface area contributed by atoms with Crippen LogP contribution in [0.1, 0.15) is 31.0 Å². The Morgan fingerprint density at radius 1 is 1.32 bits per heavy atom. The molecule has 3 rings (SSSR count). The normalized spacial score (nSPS) is 18.2. The van der Waals surface area contributed by atoms with Gasteiger partial charge in [0.15, 0.2) is 0 Å². The van der Waals surface area contributed by atoms with Crippen molar-refractivity contribution in [1.82, 2.24) is 19.8 Å². The number of likely N-dealkylation sites (tertiary alicyclic amines) is 1. The first kappa shape index (κ1) is 17.8. The highest BCUT2D eigenvalue weighted by atomic mass is 16.1. The van der Waals surface area contributed by atoms with Crippen LogP contribution in [0.4, 0.5) is 0 Å². The van der Waals surface area contributed by atoms with E-state index in [1.54, 1.807) is 6.07 Å². The third-order valence-corrected chi connectivity index (χ3v) is 4.95. The lowest BCUT2D eigenvalue weighted by molar-refractivity contribution is 0.234. The number of nitrogens with zero attached hydrogens (tertiary/aromatic N) is 3. The van der Waals surface area contributed by atoms with Crippen molar-refractivity contribution in [2.24, 2.45) is 0 Å². The molecule has 0 amide bonds. The van der Waals surface area contributed by atoms with E-state index in [1.807, 2.05) is 0 Å². The van der Waals surface area contributed by atoms with E-state index in [0.29, 0.717) is 11.9 Å². The monoisotopic (exact) mass is 340 g/mol. The molecule has 1 N–H and O–H groups in total. The molecule has 25 heavy (non-hydrogen) atoms. The quantitative estimate of drug-likeness (QED) is 0.878. The smallest absolute Gasteiger partial charge is 0.251 e. The molecular formula is C20H28N4O. The fourth-order valence-electron chi connectivity index (χ4n) is 3.49. The van der Waals surface area contributed by atoms with E-state index in [0.717, 1.165) is 37.2 Å². The molecule has 1 aromatic heterocycles. The summed E-state index contributed by atoms with van der Waals surface area (Å²) in [5, 5.41) is 0. The van der Waals surface area contributed by atoms with Crippen molar-refractivity contribution in [3.05, 3.63) is 51.9 Å². The van der Waals surface area contributed by atoms with Crippen LogP contribution >= 0.6 is 0 Å². The van der Waals surface area contributed by atoms with Crippen molar-refractivity contribution in [3.8, 4) is 11.4 Å². The zero-order valence-electron chi connectivity index (χ0n) is 15.5. The van der Waals surface area contributed by atoms with Crippen LogP contribution in [0.5, 0.6) is 0 Å². The topological polar surface area (TPSA) is 52.2 Å². The number of likely N-dealkylation sites (N-methyl/N-ethyl adjacent to an activating group) is 2. The summed E-state index contributed by atoms with van der Waals surface area (Å²) in [6.45, 7) is 5.36. The van der Waals surface area contributed by atoms with Crippen LogP contribution in [-0.4, -0.2) is 53.0 Å². The molecule has 134 valence electrons. The first-order valence-corrected chi connectivity index (χ1v) is 9.13. The molecule has 0 saturated carbocycles. The minimum atomic E-state index is -0.0809. The summed E-state index contributed by atoms with van der Waals surface area (Å²) >= 11 is 0. The van der Waals surface area contributed by atoms with Crippen molar-refractivity contribution in [3.63, 3.8) is 0 Å². The van der Waals surface area contributed by atoms with Crippen molar-refractivity contribution >= 4 is 0 Å². The fraction of sp³-hybridized carbons (Fsp3) is 0.500. The van der Waals surface area contributed by atoms with E-state index in [9.17, 15) is 4.79 Å². The molecule has 2 aromatic rings. The van der Waals surface area contributed by atoms with Gasteiger partial charge in [0.1, 0.15) is 5.82 Å². The number of benzene rings is 1. The van der Waals surface area contributed by atoms with Crippen LogP contribution in [0, 0.1) is 0 Å². The predicted octanol–water partition coefficient (Wildman–Crippen LogP) is 2.53. The van der Waals surface area contributed by atoms with Gasteiger partial charge in [-0.25, -0.2) is 4.98 Å². The van der Waals surface area contributed by atoms with Gasteiger partial charge in [0.05, 0.1) is 0 Å². The minimum absolute atomic E-state index is 0.0809. The van der Waals surface area contributed by atoms with Crippen molar-refractivity contribution in [2.75, 3.05) is 27.2 Å². The Bertz CT molecular complexity index is 753. The average molecular weight is 340 g/mol. The zero-order chi connectivity index (χ0) is 17.8. The van der Waals surface area contributed by atoms with E-state index < -0.39 is 0 Å². The largest absolute Gasteiger partial charge is 0.307 e. The first-order chi connectivity index (χ1) is 12.0. The summed E-state index contributed by atoms with van der Waals surface area (Å²) in [7, 11) is 4.38.